The fourth-order valence-electron chi connectivity index (χ4n) is 2.98. The van der Waals surface area contributed by atoms with Gasteiger partial charge in [-0.1, -0.05) is 50.1 Å². The lowest BCUT2D eigenvalue weighted by molar-refractivity contribution is -0.141. The largest absolute Gasteiger partial charge is 0.481 e. The number of unbranched alkanes of at least 4 members (excludes halogenated alkanes) is 2. The van der Waals surface area contributed by atoms with Gasteiger partial charge in [0.2, 0.25) is 5.91 Å². The van der Waals surface area contributed by atoms with Crippen molar-refractivity contribution in [2.75, 3.05) is 13.1 Å². The summed E-state index contributed by atoms with van der Waals surface area (Å²) in [6.07, 6.45) is 3.54. The number of likely N-dealkylation sites (tertiary alicyclic amines) is 1. The van der Waals surface area contributed by atoms with E-state index in [9.17, 15) is 14.7 Å². The van der Waals surface area contributed by atoms with Gasteiger partial charge in [0, 0.05) is 25.4 Å². The minimum atomic E-state index is -0.812. The molecule has 0 aromatic heterocycles. The molecule has 1 amide bonds. The van der Waals surface area contributed by atoms with Gasteiger partial charge in [-0.05, 0) is 12.0 Å². The van der Waals surface area contributed by atoms with E-state index in [0.717, 1.165) is 24.8 Å². The molecule has 0 spiro atoms. The molecule has 114 valence electrons. The number of benzene rings is 1. The van der Waals surface area contributed by atoms with Crippen molar-refractivity contribution in [1.82, 2.24) is 4.90 Å². The van der Waals surface area contributed by atoms with E-state index in [1.807, 2.05) is 30.3 Å². The summed E-state index contributed by atoms with van der Waals surface area (Å²) in [6.45, 7) is 2.96. The molecule has 2 rings (SSSR count). The molecule has 1 aliphatic heterocycles. The van der Waals surface area contributed by atoms with Crippen LogP contribution in [0, 0.1) is 5.92 Å². The van der Waals surface area contributed by atoms with Crippen LogP contribution in [0.15, 0.2) is 30.3 Å². The van der Waals surface area contributed by atoms with Gasteiger partial charge in [-0.15, -0.1) is 0 Å². The standard InChI is InChI=1S/C17H23NO3/c1-2-3-5-10-16(19)18-11-14(15(12-18)17(20)21)13-8-6-4-7-9-13/h4,6-9,14-15H,2-3,5,10-12H2,1H3,(H,20,21). The average Bonchev–Trinajstić information content (AvgIpc) is 2.94. The van der Waals surface area contributed by atoms with Crippen LogP contribution in [0.3, 0.4) is 0 Å². The van der Waals surface area contributed by atoms with E-state index in [0.29, 0.717) is 19.5 Å². The van der Waals surface area contributed by atoms with Gasteiger partial charge in [-0.3, -0.25) is 9.59 Å². The molecule has 1 aliphatic rings. The van der Waals surface area contributed by atoms with Crippen LogP contribution in [0.25, 0.3) is 0 Å². The van der Waals surface area contributed by atoms with Gasteiger partial charge in [-0.2, -0.15) is 0 Å². The first kappa shape index (κ1) is 15.5. The zero-order chi connectivity index (χ0) is 15.2. The summed E-state index contributed by atoms with van der Waals surface area (Å²) in [6, 6.07) is 9.65. The van der Waals surface area contributed by atoms with E-state index < -0.39 is 11.9 Å². The van der Waals surface area contributed by atoms with Gasteiger partial charge in [0.25, 0.3) is 0 Å². The van der Waals surface area contributed by atoms with Crippen molar-refractivity contribution < 1.29 is 14.7 Å². The van der Waals surface area contributed by atoms with E-state index in [1.165, 1.54) is 0 Å². The van der Waals surface area contributed by atoms with E-state index in [-0.39, 0.29) is 11.8 Å². The number of aliphatic carboxylic acids is 1. The van der Waals surface area contributed by atoms with Gasteiger partial charge in [0.1, 0.15) is 0 Å². The van der Waals surface area contributed by atoms with Gasteiger partial charge >= 0.3 is 5.97 Å². The smallest absolute Gasteiger partial charge is 0.308 e. The van der Waals surface area contributed by atoms with E-state index in [1.54, 1.807) is 4.90 Å². The highest BCUT2D eigenvalue weighted by Gasteiger charge is 2.40. The Morgan fingerprint density at radius 1 is 1.19 bits per heavy atom. The second-order valence-electron chi connectivity index (χ2n) is 5.72. The van der Waals surface area contributed by atoms with E-state index in [2.05, 4.69) is 6.92 Å². The van der Waals surface area contributed by atoms with Crippen molar-refractivity contribution in [1.29, 1.82) is 0 Å². The van der Waals surface area contributed by atoms with E-state index in [4.69, 9.17) is 0 Å². The van der Waals surface area contributed by atoms with Gasteiger partial charge in [0.15, 0.2) is 0 Å². The summed E-state index contributed by atoms with van der Waals surface area (Å²) < 4.78 is 0. The zero-order valence-corrected chi connectivity index (χ0v) is 12.5. The van der Waals surface area contributed by atoms with Crippen LogP contribution < -0.4 is 0 Å². The quantitative estimate of drug-likeness (QED) is 0.819. The summed E-state index contributed by atoms with van der Waals surface area (Å²) in [5.41, 5.74) is 1.01. The first-order valence-corrected chi connectivity index (χ1v) is 7.69. The predicted molar refractivity (Wildman–Crippen MR) is 81.0 cm³/mol. The number of carbonyl (C=O) groups is 2. The molecule has 2 unspecified atom stereocenters. The molecule has 1 aromatic carbocycles. The number of amides is 1. The number of rotatable bonds is 6. The van der Waals surface area contributed by atoms with Crippen LogP contribution in [-0.4, -0.2) is 35.0 Å². The van der Waals surface area contributed by atoms with Crippen LogP contribution >= 0.6 is 0 Å². The van der Waals surface area contributed by atoms with Crippen LogP contribution in [0.4, 0.5) is 0 Å². The molecular weight excluding hydrogens is 266 g/mol. The van der Waals surface area contributed by atoms with Gasteiger partial charge in [0.05, 0.1) is 5.92 Å². The molecule has 4 heteroatoms. The SMILES string of the molecule is CCCCCC(=O)N1CC(C(=O)O)C(c2ccccc2)C1. The van der Waals surface area contributed by atoms with Crippen LogP contribution in [0.5, 0.6) is 0 Å². The lowest BCUT2D eigenvalue weighted by atomic mass is 9.89. The van der Waals surface area contributed by atoms with Crippen molar-refractivity contribution in [3.8, 4) is 0 Å². The molecule has 4 nitrogen and oxygen atoms in total. The Morgan fingerprint density at radius 3 is 2.52 bits per heavy atom. The monoisotopic (exact) mass is 289 g/mol. The molecular formula is C17H23NO3. The molecule has 1 aromatic rings. The highest BCUT2D eigenvalue weighted by Crippen LogP contribution is 2.33. The number of nitrogens with zero attached hydrogens (tertiary/aromatic N) is 1. The molecule has 0 saturated carbocycles. The molecule has 0 aliphatic carbocycles. The van der Waals surface area contributed by atoms with Crippen LogP contribution in [0.1, 0.15) is 44.1 Å². The molecule has 1 N–H and O–H groups in total. The highest BCUT2D eigenvalue weighted by atomic mass is 16.4. The molecule has 1 fully saturated rings. The summed E-state index contributed by atoms with van der Waals surface area (Å²) >= 11 is 0. The predicted octanol–water partition coefficient (Wildman–Crippen LogP) is 2.89. The molecule has 1 saturated heterocycles. The van der Waals surface area contributed by atoms with E-state index >= 15 is 0 Å². The molecule has 1 heterocycles. The van der Waals surface area contributed by atoms with Gasteiger partial charge < -0.3 is 10.0 Å². The van der Waals surface area contributed by atoms with Crippen molar-refractivity contribution in [2.24, 2.45) is 5.92 Å². The van der Waals surface area contributed by atoms with Crippen molar-refractivity contribution in [3.63, 3.8) is 0 Å². The van der Waals surface area contributed by atoms with Gasteiger partial charge in [-0.25, -0.2) is 0 Å². The fourth-order valence-corrected chi connectivity index (χ4v) is 2.98. The lowest BCUT2D eigenvalue weighted by Gasteiger charge is -2.16. The third kappa shape index (κ3) is 3.84. The Balaban J connectivity index is 2.05. The number of carboxylic acid groups (broad SMARTS) is 1. The zero-order valence-electron chi connectivity index (χ0n) is 12.5. The minimum Gasteiger partial charge on any atom is -0.481 e. The Hall–Kier alpha value is -1.84. The van der Waals surface area contributed by atoms with Crippen molar-refractivity contribution in [2.45, 2.75) is 38.5 Å². The molecule has 0 radical (unpaired) electrons. The Labute approximate surface area is 125 Å². The summed E-state index contributed by atoms with van der Waals surface area (Å²) in [5, 5.41) is 9.42. The minimum absolute atomic E-state index is 0.0909. The van der Waals surface area contributed by atoms with Crippen molar-refractivity contribution in [3.05, 3.63) is 35.9 Å². The second kappa shape index (κ2) is 7.25. The highest BCUT2D eigenvalue weighted by molar-refractivity contribution is 5.79. The number of hydrogen-bond acceptors (Lipinski definition) is 2. The topological polar surface area (TPSA) is 57.6 Å². The maximum absolute atomic E-state index is 12.2. The third-order valence-corrected chi connectivity index (χ3v) is 4.21. The molecule has 21 heavy (non-hydrogen) atoms. The molecule has 2 atom stereocenters. The summed E-state index contributed by atoms with van der Waals surface area (Å²) in [5.74, 6) is -1.32. The number of carbonyl (C=O) groups excluding carboxylic acids is 1. The maximum Gasteiger partial charge on any atom is 0.308 e. The summed E-state index contributed by atoms with van der Waals surface area (Å²) in [7, 11) is 0. The maximum atomic E-state index is 12.2. The fraction of sp³-hybridized carbons (Fsp3) is 0.529. The normalized spacial score (nSPS) is 21.5. The van der Waals surface area contributed by atoms with Crippen LogP contribution in [-0.2, 0) is 9.59 Å². The Bertz CT molecular complexity index is 486. The first-order valence-electron chi connectivity index (χ1n) is 7.69. The molecule has 0 bridgehead atoms. The Morgan fingerprint density at radius 2 is 1.90 bits per heavy atom. The lowest BCUT2D eigenvalue weighted by Crippen LogP contribution is -2.29. The number of carboxylic acids is 1. The summed E-state index contributed by atoms with van der Waals surface area (Å²) in [4.78, 5) is 25.4. The Kier molecular flexibility index (Phi) is 5.37. The second-order valence-corrected chi connectivity index (χ2v) is 5.72. The average molecular weight is 289 g/mol. The first-order chi connectivity index (χ1) is 10.1. The number of hydrogen-bond donors (Lipinski definition) is 1. The van der Waals surface area contributed by atoms with Crippen molar-refractivity contribution >= 4 is 11.9 Å². The van der Waals surface area contributed by atoms with Crippen LogP contribution in [0.2, 0.25) is 0 Å². The third-order valence-electron chi connectivity index (χ3n) is 4.21.